The van der Waals surface area contributed by atoms with E-state index in [4.69, 9.17) is 0 Å². The summed E-state index contributed by atoms with van der Waals surface area (Å²) >= 11 is 0. The number of benzene rings is 1. The molecule has 0 saturated carbocycles. The summed E-state index contributed by atoms with van der Waals surface area (Å²) in [6.45, 7) is 6.15. The van der Waals surface area contributed by atoms with Gasteiger partial charge in [-0.15, -0.1) is 0 Å². The molecule has 3 rings (SSSR count). The number of piperidine rings is 1. The van der Waals surface area contributed by atoms with Crippen molar-refractivity contribution in [2.24, 2.45) is 5.92 Å². The van der Waals surface area contributed by atoms with Crippen molar-refractivity contribution in [2.75, 3.05) is 13.1 Å². The van der Waals surface area contributed by atoms with Crippen molar-refractivity contribution >= 4 is 10.9 Å². The second-order valence-electron chi connectivity index (χ2n) is 5.79. The topological polar surface area (TPSA) is 48.0 Å². The third-order valence-electron chi connectivity index (χ3n) is 4.38. The first kappa shape index (κ1) is 12.7. The van der Waals surface area contributed by atoms with Gasteiger partial charge < -0.3 is 15.4 Å². The molecule has 2 heterocycles. The van der Waals surface area contributed by atoms with Crippen LogP contribution >= 0.6 is 0 Å². The van der Waals surface area contributed by atoms with Crippen molar-refractivity contribution in [3.8, 4) is 0 Å². The maximum atomic E-state index is 10.1. The zero-order valence-corrected chi connectivity index (χ0v) is 11.7. The number of rotatable bonds is 2. The van der Waals surface area contributed by atoms with Gasteiger partial charge in [-0.3, -0.25) is 0 Å². The van der Waals surface area contributed by atoms with Crippen molar-refractivity contribution in [3.05, 3.63) is 35.0 Å². The minimum absolute atomic E-state index is 0.170. The second-order valence-corrected chi connectivity index (χ2v) is 5.79. The van der Waals surface area contributed by atoms with Crippen LogP contribution in [0.2, 0.25) is 0 Å². The molecule has 3 heteroatoms. The van der Waals surface area contributed by atoms with Crippen molar-refractivity contribution in [1.29, 1.82) is 0 Å². The van der Waals surface area contributed by atoms with Gasteiger partial charge in [0.05, 0.1) is 6.10 Å². The number of hydrogen-bond acceptors (Lipinski definition) is 2. The lowest BCUT2D eigenvalue weighted by atomic mass is 9.89. The fourth-order valence-electron chi connectivity index (χ4n) is 3.20. The second kappa shape index (κ2) is 4.99. The lowest BCUT2D eigenvalue weighted by Gasteiger charge is -2.28. The Morgan fingerprint density at radius 1 is 1.26 bits per heavy atom. The molecule has 1 aliphatic heterocycles. The van der Waals surface area contributed by atoms with Crippen LogP contribution in [0.1, 0.15) is 23.1 Å². The molecule has 1 saturated heterocycles. The van der Waals surface area contributed by atoms with Crippen LogP contribution in [0.5, 0.6) is 0 Å². The Balaban J connectivity index is 1.95. The van der Waals surface area contributed by atoms with E-state index in [0.717, 1.165) is 25.9 Å². The maximum absolute atomic E-state index is 10.1. The number of aliphatic hydroxyl groups is 1. The molecule has 0 aliphatic carbocycles. The Kier molecular flexibility index (Phi) is 3.33. The summed E-state index contributed by atoms with van der Waals surface area (Å²) in [5.41, 5.74) is 5.18. The van der Waals surface area contributed by atoms with Crippen LogP contribution in [-0.2, 0) is 6.42 Å². The SMILES string of the molecule is Cc1ccc(C)c2c(CC3CNCCC3O)c[nH]c12. The molecule has 1 aromatic heterocycles. The predicted octanol–water partition coefficient (Wildman–Crippen LogP) is 2.30. The Bertz CT molecular complexity index is 588. The molecule has 2 atom stereocenters. The van der Waals surface area contributed by atoms with E-state index in [1.165, 1.54) is 27.6 Å². The summed E-state index contributed by atoms with van der Waals surface area (Å²) in [5, 5.41) is 14.8. The lowest BCUT2D eigenvalue weighted by molar-refractivity contribution is 0.0793. The highest BCUT2D eigenvalue weighted by molar-refractivity contribution is 5.89. The van der Waals surface area contributed by atoms with Gasteiger partial charge in [-0.05, 0) is 49.9 Å². The molecule has 1 fully saturated rings. The molecule has 3 nitrogen and oxygen atoms in total. The van der Waals surface area contributed by atoms with E-state index in [0.29, 0.717) is 5.92 Å². The van der Waals surface area contributed by atoms with E-state index in [2.05, 4.69) is 42.5 Å². The van der Waals surface area contributed by atoms with Crippen LogP contribution < -0.4 is 5.32 Å². The van der Waals surface area contributed by atoms with Crippen LogP contribution in [0, 0.1) is 19.8 Å². The zero-order chi connectivity index (χ0) is 13.4. The van der Waals surface area contributed by atoms with Crippen LogP contribution in [0.4, 0.5) is 0 Å². The number of aliphatic hydroxyl groups excluding tert-OH is 1. The van der Waals surface area contributed by atoms with Crippen molar-refractivity contribution < 1.29 is 5.11 Å². The lowest BCUT2D eigenvalue weighted by Crippen LogP contribution is -2.40. The fraction of sp³-hybridized carbons (Fsp3) is 0.500. The molecule has 3 N–H and O–H groups in total. The normalized spacial score (nSPS) is 23.9. The van der Waals surface area contributed by atoms with Gasteiger partial charge in [-0.2, -0.15) is 0 Å². The molecular weight excluding hydrogens is 236 g/mol. The van der Waals surface area contributed by atoms with Crippen LogP contribution in [0.15, 0.2) is 18.3 Å². The first-order chi connectivity index (χ1) is 9.16. The smallest absolute Gasteiger partial charge is 0.0595 e. The van der Waals surface area contributed by atoms with E-state index in [9.17, 15) is 5.11 Å². The van der Waals surface area contributed by atoms with Crippen molar-refractivity contribution in [3.63, 3.8) is 0 Å². The highest BCUT2D eigenvalue weighted by Crippen LogP contribution is 2.28. The number of aryl methyl sites for hydroxylation is 2. The van der Waals surface area contributed by atoms with Crippen LogP contribution in [-0.4, -0.2) is 29.3 Å². The maximum Gasteiger partial charge on any atom is 0.0595 e. The summed E-state index contributed by atoms with van der Waals surface area (Å²) in [4.78, 5) is 3.40. The third kappa shape index (κ3) is 2.28. The highest BCUT2D eigenvalue weighted by atomic mass is 16.3. The quantitative estimate of drug-likeness (QED) is 0.774. The van der Waals surface area contributed by atoms with Gasteiger partial charge >= 0.3 is 0 Å². The number of H-pyrrole nitrogens is 1. The average molecular weight is 258 g/mol. The Morgan fingerprint density at radius 2 is 2.05 bits per heavy atom. The van der Waals surface area contributed by atoms with Crippen molar-refractivity contribution in [2.45, 2.75) is 32.8 Å². The number of aromatic amines is 1. The van der Waals surface area contributed by atoms with E-state index in [1.807, 2.05) is 0 Å². The van der Waals surface area contributed by atoms with E-state index in [1.54, 1.807) is 0 Å². The minimum Gasteiger partial charge on any atom is -0.393 e. The Hall–Kier alpha value is -1.32. The van der Waals surface area contributed by atoms with Crippen molar-refractivity contribution in [1.82, 2.24) is 10.3 Å². The average Bonchev–Trinajstić information content (AvgIpc) is 2.82. The van der Waals surface area contributed by atoms with E-state index < -0.39 is 0 Å². The first-order valence-electron chi connectivity index (χ1n) is 7.11. The molecular formula is C16H22N2O. The molecule has 1 aliphatic rings. The summed E-state index contributed by atoms with van der Waals surface area (Å²) in [6.07, 6.45) is 3.76. The Labute approximate surface area is 114 Å². The molecule has 0 radical (unpaired) electrons. The number of nitrogens with one attached hydrogen (secondary N) is 2. The predicted molar refractivity (Wildman–Crippen MR) is 78.5 cm³/mol. The first-order valence-corrected chi connectivity index (χ1v) is 7.11. The summed E-state index contributed by atoms with van der Waals surface area (Å²) in [6, 6.07) is 4.35. The number of aromatic nitrogens is 1. The molecule has 0 spiro atoms. The largest absolute Gasteiger partial charge is 0.393 e. The molecule has 2 unspecified atom stereocenters. The monoisotopic (exact) mass is 258 g/mol. The van der Waals surface area contributed by atoms with Gasteiger partial charge in [0.2, 0.25) is 0 Å². The van der Waals surface area contributed by atoms with Gasteiger partial charge in [-0.1, -0.05) is 12.1 Å². The highest BCUT2D eigenvalue weighted by Gasteiger charge is 2.24. The number of fused-ring (bicyclic) bond motifs is 1. The number of hydrogen-bond donors (Lipinski definition) is 3. The molecule has 0 amide bonds. The minimum atomic E-state index is -0.170. The Morgan fingerprint density at radius 3 is 2.84 bits per heavy atom. The van der Waals surface area contributed by atoms with Gasteiger partial charge in [0.15, 0.2) is 0 Å². The van der Waals surface area contributed by atoms with E-state index in [-0.39, 0.29) is 6.10 Å². The van der Waals surface area contributed by atoms with Gasteiger partial charge in [0.1, 0.15) is 0 Å². The van der Waals surface area contributed by atoms with Gasteiger partial charge in [0, 0.05) is 29.6 Å². The van der Waals surface area contributed by atoms with Gasteiger partial charge in [-0.25, -0.2) is 0 Å². The van der Waals surface area contributed by atoms with Gasteiger partial charge in [0.25, 0.3) is 0 Å². The van der Waals surface area contributed by atoms with E-state index >= 15 is 0 Å². The zero-order valence-electron chi connectivity index (χ0n) is 11.7. The fourth-order valence-corrected chi connectivity index (χ4v) is 3.20. The molecule has 1 aromatic carbocycles. The van der Waals surface area contributed by atoms with Crippen LogP contribution in [0.25, 0.3) is 10.9 Å². The summed E-state index contributed by atoms with van der Waals surface area (Å²) < 4.78 is 0. The molecule has 102 valence electrons. The summed E-state index contributed by atoms with van der Waals surface area (Å²) in [5.74, 6) is 0.327. The molecule has 2 aromatic rings. The standard InChI is InChI=1S/C16H22N2O/c1-10-3-4-11(2)16-15(10)13(9-18-16)7-12-8-17-6-5-14(12)19/h3-4,9,12,14,17-19H,5-8H2,1-2H3. The molecule has 0 bridgehead atoms. The summed E-state index contributed by atoms with van der Waals surface area (Å²) in [7, 11) is 0. The molecule has 19 heavy (non-hydrogen) atoms. The third-order valence-corrected chi connectivity index (χ3v) is 4.38. The van der Waals surface area contributed by atoms with Crippen LogP contribution in [0.3, 0.4) is 0 Å².